The first-order valence-electron chi connectivity index (χ1n) is 7.20. The van der Waals surface area contributed by atoms with E-state index in [-0.39, 0.29) is 5.82 Å². The standard InChI is InChI=1S/C17H12Cl2FN3/c18-11-4-5-14(19)15(9-11)23-17-13(6-7-21-17)16(22-23)10-2-1-3-12(20)8-10/h1-5,8-9,21H,6-7H2. The van der Waals surface area contributed by atoms with Gasteiger partial charge in [-0.05, 0) is 36.8 Å². The predicted molar refractivity (Wildman–Crippen MR) is 91.2 cm³/mol. The molecule has 116 valence electrons. The van der Waals surface area contributed by atoms with Gasteiger partial charge in [0.05, 0.1) is 16.4 Å². The third-order valence-electron chi connectivity index (χ3n) is 3.89. The summed E-state index contributed by atoms with van der Waals surface area (Å²) in [5, 5.41) is 9.12. The highest BCUT2D eigenvalue weighted by Gasteiger charge is 2.25. The van der Waals surface area contributed by atoms with Crippen molar-refractivity contribution in [3.05, 3.63) is 63.9 Å². The fourth-order valence-corrected chi connectivity index (χ4v) is 3.23. The van der Waals surface area contributed by atoms with Gasteiger partial charge in [-0.25, -0.2) is 9.07 Å². The van der Waals surface area contributed by atoms with Crippen LogP contribution in [0, 0.1) is 5.82 Å². The smallest absolute Gasteiger partial charge is 0.133 e. The Hall–Kier alpha value is -2.04. The Morgan fingerprint density at radius 2 is 2.00 bits per heavy atom. The van der Waals surface area contributed by atoms with Gasteiger partial charge in [0.2, 0.25) is 0 Å². The maximum absolute atomic E-state index is 13.6. The van der Waals surface area contributed by atoms with Crippen molar-refractivity contribution in [3.63, 3.8) is 0 Å². The fraction of sp³-hybridized carbons (Fsp3) is 0.118. The Morgan fingerprint density at radius 1 is 1.13 bits per heavy atom. The first kappa shape index (κ1) is 14.5. The van der Waals surface area contributed by atoms with Crippen LogP contribution >= 0.6 is 23.2 Å². The summed E-state index contributed by atoms with van der Waals surface area (Å²) in [7, 11) is 0. The molecule has 2 heterocycles. The molecule has 3 nitrogen and oxygen atoms in total. The van der Waals surface area contributed by atoms with Gasteiger partial charge in [0.15, 0.2) is 0 Å². The molecule has 0 atom stereocenters. The van der Waals surface area contributed by atoms with Crippen LogP contribution in [0.5, 0.6) is 0 Å². The van der Waals surface area contributed by atoms with Crippen LogP contribution in [0.25, 0.3) is 16.9 Å². The lowest BCUT2D eigenvalue weighted by atomic mass is 10.1. The molecular formula is C17H12Cl2FN3. The van der Waals surface area contributed by atoms with Crippen LogP contribution < -0.4 is 5.32 Å². The van der Waals surface area contributed by atoms with Gasteiger partial charge in [-0.2, -0.15) is 5.10 Å². The van der Waals surface area contributed by atoms with Crippen molar-refractivity contribution < 1.29 is 4.39 Å². The summed E-state index contributed by atoms with van der Waals surface area (Å²) in [6.07, 6.45) is 0.833. The van der Waals surface area contributed by atoms with Crippen molar-refractivity contribution >= 4 is 29.0 Å². The van der Waals surface area contributed by atoms with E-state index >= 15 is 0 Å². The molecule has 0 unspecified atom stereocenters. The van der Waals surface area contributed by atoms with Gasteiger partial charge in [0, 0.05) is 22.7 Å². The highest BCUT2D eigenvalue weighted by atomic mass is 35.5. The van der Waals surface area contributed by atoms with E-state index in [0.717, 1.165) is 35.6 Å². The Morgan fingerprint density at radius 3 is 2.83 bits per heavy atom. The monoisotopic (exact) mass is 347 g/mol. The highest BCUT2D eigenvalue weighted by molar-refractivity contribution is 6.34. The zero-order valence-corrected chi connectivity index (χ0v) is 13.5. The number of fused-ring (bicyclic) bond motifs is 1. The van der Waals surface area contributed by atoms with Crippen LogP contribution in [0.4, 0.5) is 10.2 Å². The largest absolute Gasteiger partial charge is 0.369 e. The van der Waals surface area contributed by atoms with Crippen LogP contribution in [0.1, 0.15) is 5.56 Å². The van der Waals surface area contributed by atoms with E-state index in [1.54, 1.807) is 28.9 Å². The minimum absolute atomic E-state index is 0.280. The maximum atomic E-state index is 13.6. The highest BCUT2D eigenvalue weighted by Crippen LogP contribution is 2.36. The second-order valence-electron chi connectivity index (χ2n) is 5.37. The van der Waals surface area contributed by atoms with E-state index in [0.29, 0.717) is 15.7 Å². The lowest BCUT2D eigenvalue weighted by Crippen LogP contribution is -2.04. The summed E-state index contributed by atoms with van der Waals surface area (Å²) in [5.41, 5.74) is 3.28. The molecule has 4 rings (SSSR count). The van der Waals surface area contributed by atoms with E-state index < -0.39 is 0 Å². The summed E-state index contributed by atoms with van der Waals surface area (Å²) < 4.78 is 15.3. The summed E-state index contributed by atoms with van der Waals surface area (Å²) in [4.78, 5) is 0. The molecule has 1 N–H and O–H groups in total. The Labute approximate surface area is 142 Å². The third-order valence-corrected chi connectivity index (χ3v) is 4.44. The average molecular weight is 348 g/mol. The van der Waals surface area contributed by atoms with Crippen molar-refractivity contribution in [2.45, 2.75) is 6.42 Å². The minimum atomic E-state index is -0.280. The number of aromatic nitrogens is 2. The molecule has 0 saturated heterocycles. The SMILES string of the molecule is Fc1cccc(-c2nn(-c3cc(Cl)ccc3Cl)c3c2CCN3)c1. The van der Waals surface area contributed by atoms with E-state index in [2.05, 4.69) is 10.4 Å². The quantitative estimate of drug-likeness (QED) is 0.710. The Bertz CT molecular complexity index is 905. The zero-order chi connectivity index (χ0) is 16.0. The van der Waals surface area contributed by atoms with Crippen molar-refractivity contribution in [3.8, 4) is 16.9 Å². The number of nitrogens with zero attached hydrogens (tertiary/aromatic N) is 2. The molecule has 0 spiro atoms. The number of hydrogen-bond acceptors (Lipinski definition) is 2. The van der Waals surface area contributed by atoms with Crippen molar-refractivity contribution in [2.75, 3.05) is 11.9 Å². The van der Waals surface area contributed by atoms with Gasteiger partial charge in [0.25, 0.3) is 0 Å². The number of anilines is 1. The average Bonchev–Trinajstić information content (AvgIpc) is 3.12. The number of benzene rings is 2. The van der Waals surface area contributed by atoms with Gasteiger partial charge in [-0.3, -0.25) is 0 Å². The second kappa shape index (κ2) is 5.55. The molecule has 3 aromatic rings. The van der Waals surface area contributed by atoms with Crippen LogP contribution in [-0.2, 0) is 6.42 Å². The number of nitrogens with one attached hydrogen (secondary N) is 1. The Kier molecular flexibility index (Phi) is 3.51. The third kappa shape index (κ3) is 2.48. The van der Waals surface area contributed by atoms with E-state index in [9.17, 15) is 4.39 Å². The molecule has 23 heavy (non-hydrogen) atoms. The lowest BCUT2D eigenvalue weighted by Gasteiger charge is -2.08. The summed E-state index contributed by atoms with van der Waals surface area (Å²) in [6, 6.07) is 11.7. The summed E-state index contributed by atoms with van der Waals surface area (Å²) in [5.74, 6) is 0.603. The van der Waals surface area contributed by atoms with Crippen LogP contribution in [0.2, 0.25) is 10.0 Å². The van der Waals surface area contributed by atoms with Crippen molar-refractivity contribution in [2.24, 2.45) is 0 Å². The summed E-state index contributed by atoms with van der Waals surface area (Å²) in [6.45, 7) is 0.813. The van der Waals surface area contributed by atoms with E-state index in [1.165, 1.54) is 12.1 Å². The van der Waals surface area contributed by atoms with Gasteiger partial charge in [-0.15, -0.1) is 0 Å². The van der Waals surface area contributed by atoms with Crippen molar-refractivity contribution in [1.29, 1.82) is 0 Å². The first-order chi connectivity index (χ1) is 11.1. The molecule has 0 saturated carbocycles. The maximum Gasteiger partial charge on any atom is 0.133 e. The minimum Gasteiger partial charge on any atom is -0.369 e. The Balaban J connectivity index is 1.93. The van der Waals surface area contributed by atoms with E-state index in [4.69, 9.17) is 23.2 Å². The molecule has 6 heteroatoms. The van der Waals surface area contributed by atoms with E-state index in [1.807, 2.05) is 6.07 Å². The second-order valence-corrected chi connectivity index (χ2v) is 6.21. The molecule has 0 fully saturated rings. The van der Waals surface area contributed by atoms with Crippen LogP contribution in [0.15, 0.2) is 42.5 Å². The molecular weight excluding hydrogens is 336 g/mol. The summed E-state index contributed by atoms with van der Waals surface area (Å²) >= 11 is 12.4. The molecule has 0 bridgehead atoms. The van der Waals surface area contributed by atoms with Gasteiger partial charge in [-0.1, -0.05) is 35.3 Å². The molecule has 1 aliphatic rings. The van der Waals surface area contributed by atoms with Gasteiger partial charge in [0.1, 0.15) is 11.6 Å². The molecule has 2 aromatic carbocycles. The van der Waals surface area contributed by atoms with Gasteiger partial charge >= 0.3 is 0 Å². The molecule has 1 aromatic heterocycles. The topological polar surface area (TPSA) is 29.9 Å². The normalized spacial score (nSPS) is 13.0. The lowest BCUT2D eigenvalue weighted by molar-refractivity contribution is 0.628. The number of rotatable bonds is 2. The fourth-order valence-electron chi connectivity index (χ4n) is 2.86. The predicted octanol–water partition coefficient (Wildman–Crippen LogP) is 4.95. The molecule has 0 radical (unpaired) electrons. The first-order valence-corrected chi connectivity index (χ1v) is 7.96. The van der Waals surface area contributed by atoms with Crippen molar-refractivity contribution in [1.82, 2.24) is 9.78 Å². The molecule has 0 amide bonds. The number of hydrogen-bond donors (Lipinski definition) is 1. The van der Waals surface area contributed by atoms with Crippen LogP contribution in [-0.4, -0.2) is 16.3 Å². The number of halogens is 3. The zero-order valence-electron chi connectivity index (χ0n) is 12.0. The van der Waals surface area contributed by atoms with Gasteiger partial charge < -0.3 is 5.32 Å². The molecule has 0 aliphatic carbocycles. The molecule has 1 aliphatic heterocycles. The van der Waals surface area contributed by atoms with Crippen LogP contribution in [0.3, 0.4) is 0 Å².